The van der Waals surface area contributed by atoms with Crippen LogP contribution in [0, 0.1) is 17.0 Å². The highest BCUT2D eigenvalue weighted by Crippen LogP contribution is 2.26. The number of aryl methyl sites for hydroxylation is 1. The summed E-state index contributed by atoms with van der Waals surface area (Å²) < 4.78 is 5.46. The van der Waals surface area contributed by atoms with Crippen LogP contribution in [0.15, 0.2) is 36.5 Å². The van der Waals surface area contributed by atoms with E-state index in [1.807, 2.05) is 18.2 Å². The predicted octanol–water partition coefficient (Wildman–Crippen LogP) is 3.44. The Morgan fingerprint density at radius 2 is 2.15 bits per heavy atom. The van der Waals surface area contributed by atoms with Crippen LogP contribution in [0.1, 0.15) is 17.2 Å². The highest BCUT2D eigenvalue weighted by atomic mass is 35.5. The van der Waals surface area contributed by atoms with Crippen molar-refractivity contribution in [1.82, 2.24) is 9.88 Å². The lowest BCUT2D eigenvalue weighted by Crippen LogP contribution is -2.41. The van der Waals surface area contributed by atoms with Crippen molar-refractivity contribution in [1.29, 1.82) is 0 Å². The summed E-state index contributed by atoms with van der Waals surface area (Å²) in [5.41, 5.74) is 1.72. The van der Waals surface area contributed by atoms with Crippen LogP contribution in [0.2, 0.25) is 5.02 Å². The number of anilines is 1. The predicted molar refractivity (Wildman–Crippen MR) is 101 cm³/mol. The highest BCUT2D eigenvalue weighted by Gasteiger charge is 2.23. The second-order valence-corrected chi connectivity index (χ2v) is 6.65. The minimum Gasteiger partial charge on any atom is -0.379 e. The first-order valence-corrected chi connectivity index (χ1v) is 8.84. The Kier molecular flexibility index (Phi) is 6.03. The molecule has 1 fully saturated rings. The third kappa shape index (κ3) is 4.49. The first-order chi connectivity index (χ1) is 12.5. The Morgan fingerprint density at radius 1 is 1.38 bits per heavy atom. The summed E-state index contributed by atoms with van der Waals surface area (Å²) in [6, 6.07) is 9.64. The van der Waals surface area contributed by atoms with Crippen LogP contribution >= 0.6 is 11.6 Å². The minimum atomic E-state index is -0.422. The van der Waals surface area contributed by atoms with Crippen LogP contribution in [0.4, 0.5) is 11.5 Å². The zero-order chi connectivity index (χ0) is 18.5. The van der Waals surface area contributed by atoms with E-state index in [-0.39, 0.29) is 11.7 Å². The van der Waals surface area contributed by atoms with E-state index in [0.717, 1.165) is 18.7 Å². The molecule has 1 saturated heterocycles. The molecule has 3 rings (SSSR count). The topological polar surface area (TPSA) is 80.5 Å². The molecule has 2 aromatic rings. The maximum Gasteiger partial charge on any atom is 0.290 e. The average Bonchev–Trinajstić information content (AvgIpc) is 2.63. The van der Waals surface area contributed by atoms with Crippen LogP contribution in [0.5, 0.6) is 0 Å². The summed E-state index contributed by atoms with van der Waals surface area (Å²) in [6.45, 7) is 5.40. The number of ether oxygens (including phenoxy) is 1. The fourth-order valence-corrected chi connectivity index (χ4v) is 3.30. The van der Waals surface area contributed by atoms with Crippen molar-refractivity contribution in [3.05, 3.63) is 62.8 Å². The molecule has 1 aromatic carbocycles. The van der Waals surface area contributed by atoms with Crippen LogP contribution in [-0.2, 0) is 4.74 Å². The number of morpholine rings is 1. The molecule has 0 radical (unpaired) electrons. The summed E-state index contributed by atoms with van der Waals surface area (Å²) >= 11 is 6.17. The maximum atomic E-state index is 10.9. The van der Waals surface area contributed by atoms with Crippen LogP contribution in [0.3, 0.4) is 0 Å². The second-order valence-electron chi connectivity index (χ2n) is 6.21. The number of hydrogen-bond acceptors (Lipinski definition) is 6. The molecule has 2 heterocycles. The van der Waals surface area contributed by atoms with E-state index in [2.05, 4.69) is 21.3 Å². The largest absolute Gasteiger partial charge is 0.379 e. The number of nitrogens with one attached hydrogen (secondary N) is 1. The molecule has 1 unspecified atom stereocenters. The molecule has 26 heavy (non-hydrogen) atoms. The Hall–Kier alpha value is -2.22. The van der Waals surface area contributed by atoms with Crippen LogP contribution in [-0.4, -0.2) is 47.7 Å². The zero-order valence-corrected chi connectivity index (χ0v) is 15.3. The van der Waals surface area contributed by atoms with Crippen molar-refractivity contribution < 1.29 is 9.66 Å². The summed E-state index contributed by atoms with van der Waals surface area (Å²) in [7, 11) is 0. The number of aromatic nitrogens is 1. The van der Waals surface area contributed by atoms with Crippen LogP contribution in [0.25, 0.3) is 0 Å². The van der Waals surface area contributed by atoms with Gasteiger partial charge in [0.1, 0.15) is 12.0 Å². The first kappa shape index (κ1) is 18.6. The van der Waals surface area contributed by atoms with Gasteiger partial charge in [0.15, 0.2) is 0 Å². The van der Waals surface area contributed by atoms with Crippen molar-refractivity contribution >= 4 is 23.1 Å². The molecular formula is C18H21ClN4O3. The van der Waals surface area contributed by atoms with E-state index in [9.17, 15) is 10.1 Å². The molecule has 138 valence electrons. The van der Waals surface area contributed by atoms with Gasteiger partial charge in [0, 0.05) is 30.2 Å². The van der Waals surface area contributed by atoms with Crippen molar-refractivity contribution in [2.75, 3.05) is 38.2 Å². The minimum absolute atomic E-state index is 0.0233. The average molecular weight is 377 g/mol. The Morgan fingerprint density at radius 3 is 2.81 bits per heavy atom. The van der Waals surface area contributed by atoms with Crippen LogP contribution < -0.4 is 5.32 Å². The molecule has 0 amide bonds. The number of halogens is 1. The van der Waals surface area contributed by atoms with Gasteiger partial charge in [-0.15, -0.1) is 0 Å². The molecule has 0 spiro atoms. The number of nitrogens with zero attached hydrogens (tertiary/aromatic N) is 3. The maximum absolute atomic E-state index is 10.9. The molecule has 8 heteroatoms. The van der Waals surface area contributed by atoms with E-state index < -0.39 is 4.92 Å². The molecule has 0 aliphatic carbocycles. The van der Waals surface area contributed by atoms with Crippen molar-refractivity contribution in [2.45, 2.75) is 13.0 Å². The van der Waals surface area contributed by atoms with Gasteiger partial charge in [0.2, 0.25) is 0 Å². The molecule has 1 aliphatic heterocycles. The van der Waals surface area contributed by atoms with Crippen molar-refractivity contribution in [2.24, 2.45) is 0 Å². The van der Waals surface area contributed by atoms with Gasteiger partial charge in [0.05, 0.1) is 24.2 Å². The highest BCUT2D eigenvalue weighted by molar-refractivity contribution is 6.30. The molecular weight excluding hydrogens is 356 g/mol. The van der Waals surface area contributed by atoms with Gasteiger partial charge in [-0.1, -0.05) is 23.7 Å². The molecule has 0 bridgehead atoms. The van der Waals surface area contributed by atoms with Gasteiger partial charge in [-0.25, -0.2) is 4.98 Å². The van der Waals surface area contributed by atoms with Gasteiger partial charge in [-0.2, -0.15) is 0 Å². The number of nitro groups is 1. The molecule has 0 saturated carbocycles. The third-order valence-electron chi connectivity index (χ3n) is 4.48. The molecule has 1 aliphatic rings. The van der Waals surface area contributed by atoms with Gasteiger partial charge >= 0.3 is 0 Å². The molecule has 1 aromatic heterocycles. The van der Waals surface area contributed by atoms with Crippen molar-refractivity contribution in [3.63, 3.8) is 0 Å². The third-order valence-corrected chi connectivity index (χ3v) is 4.71. The lowest BCUT2D eigenvalue weighted by molar-refractivity contribution is -0.385. The Balaban J connectivity index is 1.77. The van der Waals surface area contributed by atoms with E-state index in [4.69, 9.17) is 16.3 Å². The van der Waals surface area contributed by atoms with E-state index in [1.165, 1.54) is 6.20 Å². The Bertz CT molecular complexity index is 781. The van der Waals surface area contributed by atoms with E-state index in [0.29, 0.717) is 36.2 Å². The second kappa shape index (κ2) is 8.44. The zero-order valence-electron chi connectivity index (χ0n) is 14.5. The van der Waals surface area contributed by atoms with E-state index in [1.54, 1.807) is 13.0 Å². The summed E-state index contributed by atoms with van der Waals surface area (Å²) in [6.07, 6.45) is 1.29. The lowest BCUT2D eigenvalue weighted by atomic mass is 10.0. The Labute approximate surface area is 157 Å². The van der Waals surface area contributed by atoms with Gasteiger partial charge in [-0.05, 0) is 30.7 Å². The fourth-order valence-electron chi connectivity index (χ4n) is 3.10. The van der Waals surface area contributed by atoms with E-state index >= 15 is 0 Å². The van der Waals surface area contributed by atoms with Gasteiger partial charge in [-0.3, -0.25) is 15.0 Å². The standard InChI is InChI=1S/C18H21ClN4O3/c1-13-9-18(20-11-16(13)23(24)25)21-12-17(22-5-7-26-8-6-22)14-3-2-4-15(19)10-14/h2-4,9-11,17H,5-8,12H2,1H3,(H,20,21). The normalized spacial score (nSPS) is 16.2. The summed E-state index contributed by atoms with van der Waals surface area (Å²) in [5, 5.41) is 14.9. The monoisotopic (exact) mass is 376 g/mol. The first-order valence-electron chi connectivity index (χ1n) is 8.47. The number of benzene rings is 1. The fraction of sp³-hybridized carbons (Fsp3) is 0.389. The van der Waals surface area contributed by atoms with Gasteiger partial charge in [0.25, 0.3) is 5.69 Å². The quantitative estimate of drug-likeness (QED) is 0.614. The SMILES string of the molecule is Cc1cc(NCC(c2cccc(Cl)c2)N2CCOCC2)ncc1[N+](=O)[O-]. The summed E-state index contributed by atoms with van der Waals surface area (Å²) in [4.78, 5) is 17.0. The number of hydrogen-bond donors (Lipinski definition) is 1. The molecule has 1 N–H and O–H groups in total. The molecule has 1 atom stereocenters. The smallest absolute Gasteiger partial charge is 0.290 e. The molecule has 7 nitrogen and oxygen atoms in total. The van der Waals surface area contributed by atoms with Gasteiger partial charge < -0.3 is 10.1 Å². The van der Waals surface area contributed by atoms with Crippen molar-refractivity contribution in [3.8, 4) is 0 Å². The summed E-state index contributed by atoms with van der Waals surface area (Å²) in [5.74, 6) is 0.619. The number of pyridine rings is 1. The number of rotatable bonds is 6. The lowest BCUT2D eigenvalue weighted by Gasteiger charge is -2.35.